The summed E-state index contributed by atoms with van der Waals surface area (Å²) < 4.78 is 5.43. The molecular formula is C24H25ClN6O2. The quantitative estimate of drug-likeness (QED) is 0.144. The number of carbonyl (C=O) groups is 1. The zero-order valence-corrected chi connectivity index (χ0v) is 18.8. The third-order valence-corrected chi connectivity index (χ3v) is 5.02. The van der Waals surface area contributed by atoms with Crippen LogP contribution in [0.15, 0.2) is 76.6 Å². The van der Waals surface area contributed by atoms with Gasteiger partial charge in [0.25, 0.3) is 0 Å². The number of guanidine groups is 1. The number of amides is 1. The van der Waals surface area contributed by atoms with E-state index >= 15 is 0 Å². The SMILES string of the molecule is N#CNC(=NCCCCCC(=O)N(Cc1ccco1)c1ccc(Cl)cc1)Nc1ccncc1. The molecule has 3 aromatic rings. The lowest BCUT2D eigenvalue weighted by Gasteiger charge is -2.22. The smallest absolute Gasteiger partial charge is 0.227 e. The molecule has 2 aromatic heterocycles. The van der Waals surface area contributed by atoms with Gasteiger partial charge in [-0.1, -0.05) is 18.0 Å². The van der Waals surface area contributed by atoms with Crippen molar-refractivity contribution in [2.45, 2.75) is 32.2 Å². The van der Waals surface area contributed by atoms with E-state index in [0.29, 0.717) is 36.3 Å². The summed E-state index contributed by atoms with van der Waals surface area (Å²) in [6, 6.07) is 14.4. The molecule has 0 atom stereocenters. The van der Waals surface area contributed by atoms with E-state index < -0.39 is 0 Å². The van der Waals surface area contributed by atoms with Crippen molar-refractivity contribution in [2.24, 2.45) is 4.99 Å². The van der Waals surface area contributed by atoms with Gasteiger partial charge >= 0.3 is 0 Å². The first-order valence-corrected chi connectivity index (χ1v) is 11.0. The Bertz CT molecular complexity index is 1060. The van der Waals surface area contributed by atoms with Crippen molar-refractivity contribution in [1.29, 1.82) is 5.26 Å². The van der Waals surface area contributed by atoms with Crippen molar-refractivity contribution in [3.05, 3.63) is 78.0 Å². The summed E-state index contributed by atoms with van der Waals surface area (Å²) in [5.41, 5.74) is 1.57. The Balaban J connectivity index is 1.48. The normalized spacial score (nSPS) is 11.0. The molecule has 8 nitrogen and oxygen atoms in total. The van der Waals surface area contributed by atoms with Gasteiger partial charge in [0.05, 0.1) is 12.8 Å². The van der Waals surface area contributed by atoms with Gasteiger partial charge in [-0.05, 0) is 61.4 Å². The van der Waals surface area contributed by atoms with E-state index in [2.05, 4.69) is 20.6 Å². The van der Waals surface area contributed by atoms with Crippen molar-refractivity contribution in [3.8, 4) is 6.19 Å². The fourth-order valence-electron chi connectivity index (χ4n) is 3.13. The highest BCUT2D eigenvalue weighted by Crippen LogP contribution is 2.22. The number of furan rings is 1. The lowest BCUT2D eigenvalue weighted by molar-refractivity contribution is -0.118. The Morgan fingerprint density at radius 3 is 2.61 bits per heavy atom. The molecule has 9 heteroatoms. The summed E-state index contributed by atoms with van der Waals surface area (Å²) in [6.45, 7) is 0.894. The van der Waals surface area contributed by atoms with Crippen LogP contribution < -0.4 is 15.5 Å². The second kappa shape index (κ2) is 12.9. The minimum absolute atomic E-state index is 0.0170. The molecule has 0 fully saturated rings. The number of aromatic nitrogens is 1. The second-order valence-corrected chi connectivity index (χ2v) is 7.61. The standard InChI is InChI=1S/C24H25ClN6O2/c25-19-7-9-21(10-8-19)31(17-22-5-4-16-33-22)23(32)6-2-1-3-13-28-24(29-18-26)30-20-11-14-27-15-12-20/h4-5,7-12,14-16H,1-3,6,13,17H2,(H2,27,28,29,30). The lowest BCUT2D eigenvalue weighted by atomic mass is 10.1. The third kappa shape index (κ3) is 7.98. The highest BCUT2D eigenvalue weighted by Gasteiger charge is 2.17. The van der Waals surface area contributed by atoms with E-state index in [1.807, 2.05) is 24.4 Å². The molecule has 0 aliphatic rings. The lowest BCUT2D eigenvalue weighted by Crippen LogP contribution is -2.30. The second-order valence-electron chi connectivity index (χ2n) is 7.17. The number of halogens is 1. The number of nitrogens with one attached hydrogen (secondary N) is 2. The molecule has 0 aliphatic heterocycles. The average Bonchev–Trinajstić information content (AvgIpc) is 3.34. The molecule has 0 saturated carbocycles. The predicted octanol–water partition coefficient (Wildman–Crippen LogP) is 4.96. The average molecular weight is 465 g/mol. The Morgan fingerprint density at radius 1 is 1.12 bits per heavy atom. The molecule has 2 N–H and O–H groups in total. The van der Waals surface area contributed by atoms with Gasteiger partial charge in [0.2, 0.25) is 11.9 Å². The van der Waals surface area contributed by atoms with Gasteiger partial charge in [0, 0.05) is 41.8 Å². The molecule has 0 saturated heterocycles. The molecule has 0 unspecified atom stereocenters. The fraction of sp³-hybridized carbons (Fsp3) is 0.250. The Morgan fingerprint density at radius 2 is 1.91 bits per heavy atom. The Kier molecular flexibility index (Phi) is 9.30. The number of rotatable bonds is 10. The summed E-state index contributed by atoms with van der Waals surface area (Å²) in [4.78, 5) is 23.0. The first-order valence-electron chi connectivity index (χ1n) is 10.6. The maximum absolute atomic E-state index is 12.9. The van der Waals surface area contributed by atoms with Crippen LogP contribution in [0.1, 0.15) is 31.4 Å². The van der Waals surface area contributed by atoms with Gasteiger partial charge in [-0.2, -0.15) is 5.26 Å². The van der Waals surface area contributed by atoms with Gasteiger partial charge in [0.15, 0.2) is 6.19 Å². The van der Waals surface area contributed by atoms with Crippen LogP contribution in [-0.2, 0) is 11.3 Å². The number of anilines is 2. The van der Waals surface area contributed by atoms with E-state index in [-0.39, 0.29) is 5.91 Å². The van der Waals surface area contributed by atoms with Gasteiger partial charge in [-0.25, -0.2) is 0 Å². The Labute approximate surface area is 197 Å². The predicted molar refractivity (Wildman–Crippen MR) is 129 cm³/mol. The largest absolute Gasteiger partial charge is 0.467 e. The number of pyridine rings is 1. The van der Waals surface area contributed by atoms with Crippen LogP contribution in [-0.4, -0.2) is 23.4 Å². The minimum atomic E-state index is 0.0170. The fourth-order valence-corrected chi connectivity index (χ4v) is 3.25. The highest BCUT2D eigenvalue weighted by molar-refractivity contribution is 6.30. The molecule has 3 rings (SSSR count). The van der Waals surface area contributed by atoms with Gasteiger partial charge in [-0.15, -0.1) is 0 Å². The molecule has 0 aliphatic carbocycles. The van der Waals surface area contributed by atoms with Crippen molar-refractivity contribution in [3.63, 3.8) is 0 Å². The number of unbranched alkanes of at least 4 members (excludes halogenated alkanes) is 2. The molecule has 0 bridgehead atoms. The van der Waals surface area contributed by atoms with E-state index in [0.717, 1.165) is 30.6 Å². The van der Waals surface area contributed by atoms with Crippen molar-refractivity contribution in [1.82, 2.24) is 10.3 Å². The summed E-state index contributed by atoms with van der Waals surface area (Å²) in [7, 11) is 0. The summed E-state index contributed by atoms with van der Waals surface area (Å²) >= 11 is 6.00. The number of carbonyl (C=O) groups excluding carboxylic acids is 1. The number of hydrogen-bond acceptors (Lipinski definition) is 5. The zero-order chi connectivity index (χ0) is 23.3. The molecule has 0 spiro atoms. The highest BCUT2D eigenvalue weighted by atomic mass is 35.5. The van der Waals surface area contributed by atoms with Crippen LogP contribution in [0.25, 0.3) is 0 Å². The molecule has 170 valence electrons. The number of nitriles is 1. The van der Waals surface area contributed by atoms with Crippen LogP contribution in [0.3, 0.4) is 0 Å². The maximum atomic E-state index is 12.9. The number of aliphatic imine (C=N–C) groups is 1. The van der Waals surface area contributed by atoms with Crippen LogP contribution in [0.4, 0.5) is 11.4 Å². The van der Waals surface area contributed by atoms with Crippen molar-refractivity contribution >= 4 is 34.8 Å². The topological polar surface area (TPSA) is 107 Å². The number of benzene rings is 1. The molecular weight excluding hydrogens is 440 g/mol. The van der Waals surface area contributed by atoms with Crippen molar-refractivity contribution < 1.29 is 9.21 Å². The molecule has 33 heavy (non-hydrogen) atoms. The number of nitrogens with zero attached hydrogens (tertiary/aromatic N) is 4. The van der Waals surface area contributed by atoms with Crippen LogP contribution in [0.2, 0.25) is 5.02 Å². The van der Waals surface area contributed by atoms with Gasteiger partial charge in [-0.3, -0.25) is 20.1 Å². The molecule has 0 radical (unpaired) electrons. The van der Waals surface area contributed by atoms with Gasteiger partial charge < -0.3 is 14.6 Å². The third-order valence-electron chi connectivity index (χ3n) is 4.77. The van der Waals surface area contributed by atoms with Crippen molar-refractivity contribution in [2.75, 3.05) is 16.8 Å². The summed E-state index contributed by atoms with van der Waals surface area (Å²) in [6.07, 6.45) is 9.55. The summed E-state index contributed by atoms with van der Waals surface area (Å²) in [5, 5.41) is 15.1. The molecule has 1 aromatic carbocycles. The first-order chi connectivity index (χ1) is 16.2. The van der Waals surface area contributed by atoms with E-state index in [1.165, 1.54) is 0 Å². The molecule has 1 amide bonds. The van der Waals surface area contributed by atoms with E-state index in [4.69, 9.17) is 21.3 Å². The van der Waals surface area contributed by atoms with Crippen LogP contribution in [0, 0.1) is 11.5 Å². The van der Waals surface area contributed by atoms with E-state index in [1.54, 1.807) is 53.9 Å². The van der Waals surface area contributed by atoms with Crippen LogP contribution >= 0.6 is 11.6 Å². The monoisotopic (exact) mass is 464 g/mol. The minimum Gasteiger partial charge on any atom is -0.467 e. The van der Waals surface area contributed by atoms with E-state index in [9.17, 15) is 4.79 Å². The van der Waals surface area contributed by atoms with Gasteiger partial charge in [0.1, 0.15) is 5.76 Å². The van der Waals surface area contributed by atoms with Crippen LogP contribution in [0.5, 0.6) is 0 Å². The zero-order valence-electron chi connectivity index (χ0n) is 18.1. The first kappa shape index (κ1) is 23.8. The summed E-state index contributed by atoms with van der Waals surface area (Å²) in [5.74, 6) is 1.11. The Hall–Kier alpha value is -3.83. The maximum Gasteiger partial charge on any atom is 0.227 e. The number of hydrogen-bond donors (Lipinski definition) is 2. The molecule has 2 heterocycles.